The molecule has 1 unspecified atom stereocenters. The van der Waals surface area contributed by atoms with Crippen LogP contribution in [0.5, 0.6) is 5.75 Å². The molecule has 1 atom stereocenters. The van der Waals surface area contributed by atoms with Crippen molar-refractivity contribution in [1.29, 1.82) is 0 Å². The fraction of sp³-hybridized carbons (Fsp3) is 0.391. The van der Waals surface area contributed by atoms with Crippen LogP contribution < -0.4 is 9.64 Å². The average Bonchev–Trinajstić information content (AvgIpc) is 2.89. The van der Waals surface area contributed by atoms with Gasteiger partial charge >= 0.3 is 0 Å². The minimum Gasteiger partial charge on any atom is -0.497 e. The fourth-order valence-corrected chi connectivity index (χ4v) is 4.28. The topological polar surface area (TPSA) is 49.9 Å². The number of methoxy groups -OCH3 is 1. The number of Topliss-reactive ketones (excluding diaryl/α,β-unsaturated/α-hetero) is 1. The number of anilines is 1. The number of hydrogen-bond acceptors (Lipinski definition) is 4. The van der Waals surface area contributed by atoms with E-state index in [-0.39, 0.29) is 11.9 Å². The number of rotatable bonds is 5. The second-order valence-electron chi connectivity index (χ2n) is 7.69. The van der Waals surface area contributed by atoms with Gasteiger partial charge in [0.2, 0.25) is 0 Å². The highest BCUT2D eigenvalue weighted by atomic mass is 19.1. The number of carbonyl (C=O) groups is 2. The molecule has 4 rings (SSSR count). The van der Waals surface area contributed by atoms with Crippen LogP contribution in [-0.2, 0) is 11.2 Å². The Balaban J connectivity index is 1.43. The first-order chi connectivity index (χ1) is 14.1. The lowest BCUT2D eigenvalue weighted by Crippen LogP contribution is -2.40. The van der Waals surface area contributed by atoms with E-state index in [9.17, 15) is 14.0 Å². The number of carbonyl (C=O) groups excluding carboxylic acids is 2. The summed E-state index contributed by atoms with van der Waals surface area (Å²) < 4.78 is 18.4. The molecule has 0 radical (unpaired) electrons. The highest BCUT2D eigenvalue weighted by molar-refractivity contribution is 6.52. The molecule has 1 fully saturated rings. The van der Waals surface area contributed by atoms with Gasteiger partial charge in [-0.25, -0.2) is 4.39 Å². The molecule has 0 aliphatic carbocycles. The molecule has 5 nitrogen and oxygen atoms in total. The first kappa shape index (κ1) is 19.6. The van der Waals surface area contributed by atoms with Crippen molar-refractivity contribution in [3.63, 3.8) is 0 Å². The molecular weight excluding hydrogens is 371 g/mol. The van der Waals surface area contributed by atoms with Gasteiger partial charge in [0, 0.05) is 25.2 Å². The summed E-state index contributed by atoms with van der Waals surface area (Å²) in [7, 11) is 1.58. The smallest absolute Gasteiger partial charge is 0.299 e. The van der Waals surface area contributed by atoms with E-state index in [1.165, 1.54) is 12.1 Å². The molecule has 1 amide bonds. The summed E-state index contributed by atoms with van der Waals surface area (Å²) in [4.78, 5) is 29.2. The van der Waals surface area contributed by atoms with Crippen LogP contribution in [-0.4, -0.2) is 49.4 Å². The van der Waals surface area contributed by atoms with E-state index in [2.05, 4.69) is 4.90 Å². The number of ketones is 1. The molecule has 29 heavy (non-hydrogen) atoms. The zero-order chi connectivity index (χ0) is 20.4. The molecule has 2 heterocycles. The second-order valence-corrected chi connectivity index (χ2v) is 7.69. The number of benzene rings is 2. The Bertz CT molecular complexity index is 913. The van der Waals surface area contributed by atoms with Crippen LogP contribution in [0.3, 0.4) is 0 Å². The van der Waals surface area contributed by atoms with Crippen LogP contribution in [0.4, 0.5) is 10.1 Å². The number of nitrogens with zero attached hydrogens (tertiary/aromatic N) is 2. The Morgan fingerprint density at radius 3 is 2.62 bits per heavy atom. The summed E-state index contributed by atoms with van der Waals surface area (Å²) >= 11 is 0. The van der Waals surface area contributed by atoms with E-state index >= 15 is 0 Å². The van der Waals surface area contributed by atoms with Crippen molar-refractivity contribution in [3.8, 4) is 5.75 Å². The Morgan fingerprint density at radius 1 is 1.07 bits per heavy atom. The highest BCUT2D eigenvalue weighted by Gasteiger charge is 2.40. The monoisotopic (exact) mass is 396 g/mol. The highest BCUT2D eigenvalue weighted by Crippen LogP contribution is 2.36. The van der Waals surface area contributed by atoms with Crippen LogP contribution in [0, 0.1) is 5.82 Å². The minimum atomic E-state index is -0.432. The molecule has 1 saturated heterocycles. The van der Waals surface area contributed by atoms with Gasteiger partial charge in [0.15, 0.2) is 0 Å². The summed E-state index contributed by atoms with van der Waals surface area (Å²) in [6, 6.07) is 11.8. The predicted molar refractivity (Wildman–Crippen MR) is 109 cm³/mol. The standard InChI is InChI=1S/C23H25FN2O3/c1-29-19-8-9-20-21(15-19)26(23(28)22(20)27)18-3-2-12-25(14-11-18)13-10-16-4-6-17(24)7-5-16/h4-9,15,18H,2-3,10-14H2,1H3. The summed E-state index contributed by atoms with van der Waals surface area (Å²) in [6.07, 6.45) is 3.51. The predicted octanol–water partition coefficient (Wildman–Crippen LogP) is 3.46. The molecule has 0 bridgehead atoms. The maximum absolute atomic E-state index is 13.1. The zero-order valence-corrected chi connectivity index (χ0v) is 16.6. The van der Waals surface area contributed by atoms with Crippen molar-refractivity contribution in [2.75, 3.05) is 31.6 Å². The molecule has 2 aliphatic heterocycles. The van der Waals surface area contributed by atoms with E-state index in [0.717, 1.165) is 50.9 Å². The number of halogens is 1. The van der Waals surface area contributed by atoms with Gasteiger partial charge in [-0.05, 0) is 62.1 Å². The average molecular weight is 396 g/mol. The Kier molecular flexibility index (Phi) is 5.62. The zero-order valence-electron chi connectivity index (χ0n) is 16.6. The van der Waals surface area contributed by atoms with Gasteiger partial charge in [-0.3, -0.25) is 9.59 Å². The lowest BCUT2D eigenvalue weighted by Gasteiger charge is -2.27. The first-order valence-electron chi connectivity index (χ1n) is 10.1. The van der Waals surface area contributed by atoms with Crippen molar-refractivity contribution in [2.45, 2.75) is 31.7 Å². The van der Waals surface area contributed by atoms with Gasteiger partial charge in [0.25, 0.3) is 11.7 Å². The summed E-state index contributed by atoms with van der Waals surface area (Å²) in [5.41, 5.74) is 2.26. The number of fused-ring (bicyclic) bond motifs is 1. The molecule has 2 aliphatic rings. The van der Waals surface area contributed by atoms with Gasteiger partial charge < -0.3 is 14.5 Å². The Hall–Kier alpha value is -2.73. The third-order valence-electron chi connectivity index (χ3n) is 5.91. The van der Waals surface area contributed by atoms with Crippen LogP contribution in [0.2, 0.25) is 0 Å². The van der Waals surface area contributed by atoms with Crippen LogP contribution in [0.15, 0.2) is 42.5 Å². The van der Waals surface area contributed by atoms with Gasteiger partial charge in [0.05, 0.1) is 18.4 Å². The van der Waals surface area contributed by atoms with E-state index in [4.69, 9.17) is 4.74 Å². The number of hydrogen-bond donors (Lipinski definition) is 0. The van der Waals surface area contributed by atoms with Crippen LogP contribution in [0.1, 0.15) is 35.2 Å². The normalized spacial score (nSPS) is 19.9. The van der Waals surface area contributed by atoms with Crippen LogP contribution in [0.25, 0.3) is 0 Å². The van der Waals surface area contributed by atoms with Crippen molar-refractivity contribution in [3.05, 3.63) is 59.4 Å². The van der Waals surface area contributed by atoms with Gasteiger partial charge in [-0.2, -0.15) is 0 Å². The van der Waals surface area contributed by atoms with E-state index in [1.54, 1.807) is 30.2 Å². The third kappa shape index (κ3) is 4.03. The Morgan fingerprint density at radius 2 is 1.86 bits per heavy atom. The molecule has 2 aromatic rings. The van der Waals surface area contributed by atoms with Crippen molar-refractivity contribution < 1.29 is 18.7 Å². The van der Waals surface area contributed by atoms with E-state index < -0.39 is 11.7 Å². The lowest BCUT2D eigenvalue weighted by atomic mass is 10.1. The molecule has 152 valence electrons. The number of amides is 1. The van der Waals surface area contributed by atoms with Gasteiger partial charge in [0.1, 0.15) is 11.6 Å². The quantitative estimate of drug-likeness (QED) is 0.727. The molecule has 6 heteroatoms. The SMILES string of the molecule is COc1ccc2c(c1)N(C1CCCN(CCc3ccc(F)cc3)CC1)C(=O)C2=O. The van der Waals surface area contributed by atoms with E-state index in [1.807, 2.05) is 12.1 Å². The minimum absolute atomic E-state index is 0.00984. The van der Waals surface area contributed by atoms with Crippen LogP contribution >= 0.6 is 0 Å². The number of likely N-dealkylation sites (tertiary alicyclic amines) is 1. The van der Waals surface area contributed by atoms with E-state index in [0.29, 0.717) is 17.0 Å². The molecular formula is C23H25FN2O3. The maximum atomic E-state index is 13.1. The molecule has 0 saturated carbocycles. The number of ether oxygens (including phenoxy) is 1. The van der Waals surface area contributed by atoms with Gasteiger partial charge in [-0.1, -0.05) is 12.1 Å². The van der Waals surface area contributed by atoms with Crippen molar-refractivity contribution in [1.82, 2.24) is 4.90 Å². The molecule has 0 spiro atoms. The Labute approximate surface area is 170 Å². The lowest BCUT2D eigenvalue weighted by molar-refractivity contribution is -0.114. The third-order valence-corrected chi connectivity index (χ3v) is 5.91. The van der Waals surface area contributed by atoms with Crippen molar-refractivity contribution in [2.24, 2.45) is 0 Å². The summed E-state index contributed by atoms with van der Waals surface area (Å²) in [6.45, 7) is 2.72. The largest absolute Gasteiger partial charge is 0.497 e. The van der Waals surface area contributed by atoms with Gasteiger partial charge in [-0.15, -0.1) is 0 Å². The molecule has 0 N–H and O–H groups in total. The second kappa shape index (κ2) is 8.33. The van der Waals surface area contributed by atoms with Crippen molar-refractivity contribution >= 4 is 17.4 Å². The summed E-state index contributed by atoms with van der Waals surface area (Å²) in [5, 5.41) is 0. The summed E-state index contributed by atoms with van der Waals surface area (Å²) in [5.74, 6) is -0.433. The first-order valence-corrected chi connectivity index (χ1v) is 10.1. The molecule has 0 aromatic heterocycles. The maximum Gasteiger partial charge on any atom is 0.299 e. The fourth-order valence-electron chi connectivity index (χ4n) is 4.28. The molecule has 2 aromatic carbocycles.